The predicted octanol–water partition coefficient (Wildman–Crippen LogP) is 2.42. The summed E-state index contributed by atoms with van der Waals surface area (Å²) in [6, 6.07) is 9.07. The van der Waals surface area contributed by atoms with E-state index in [1.54, 1.807) is 13.0 Å². The van der Waals surface area contributed by atoms with E-state index in [4.69, 9.17) is 16.3 Å². The predicted molar refractivity (Wildman–Crippen MR) is 82.9 cm³/mol. The zero-order valence-corrected chi connectivity index (χ0v) is 12.4. The van der Waals surface area contributed by atoms with Crippen LogP contribution in [0.1, 0.15) is 17.4 Å². The molecule has 0 aliphatic carbocycles. The Labute approximate surface area is 127 Å². The lowest BCUT2D eigenvalue weighted by atomic mass is 10.2. The van der Waals surface area contributed by atoms with E-state index in [1.807, 2.05) is 24.3 Å². The van der Waals surface area contributed by atoms with Gasteiger partial charge in [-0.25, -0.2) is 9.78 Å². The van der Waals surface area contributed by atoms with Gasteiger partial charge in [-0.3, -0.25) is 0 Å². The molecule has 1 heterocycles. The lowest BCUT2D eigenvalue weighted by molar-refractivity contribution is 0.0520. The van der Waals surface area contributed by atoms with Crippen LogP contribution in [0.4, 0.5) is 5.69 Å². The summed E-state index contributed by atoms with van der Waals surface area (Å²) in [5, 5.41) is 13.4. The molecule has 1 aromatic carbocycles. The average molecular weight is 309 g/mol. The summed E-state index contributed by atoms with van der Waals surface area (Å²) >= 11 is 5.54. The molecule has 0 spiro atoms. The van der Waals surface area contributed by atoms with Crippen LogP contribution in [-0.4, -0.2) is 41.2 Å². The fraction of sp³-hybridized carbons (Fsp3) is 0.333. The molecule has 0 saturated carbocycles. The Morgan fingerprint density at radius 2 is 2.19 bits per heavy atom. The van der Waals surface area contributed by atoms with Gasteiger partial charge in [0.25, 0.3) is 0 Å². The van der Waals surface area contributed by atoms with Crippen molar-refractivity contribution in [1.29, 1.82) is 0 Å². The van der Waals surface area contributed by atoms with Crippen LogP contribution in [0.3, 0.4) is 0 Å². The fourth-order valence-corrected chi connectivity index (χ4v) is 1.95. The second-order valence-corrected chi connectivity index (χ2v) is 4.82. The average Bonchev–Trinajstić information content (AvgIpc) is 2.52. The topological polar surface area (TPSA) is 71.5 Å². The number of hydrogen-bond acceptors (Lipinski definition) is 5. The van der Waals surface area contributed by atoms with Gasteiger partial charge in [0.05, 0.1) is 24.1 Å². The number of rotatable bonds is 6. The van der Waals surface area contributed by atoms with E-state index < -0.39 is 12.1 Å². The lowest BCUT2D eigenvalue weighted by Gasteiger charge is -2.10. The number of carbonyl (C=O) groups excluding carboxylic acids is 1. The monoisotopic (exact) mass is 308 g/mol. The Morgan fingerprint density at radius 3 is 2.90 bits per heavy atom. The fourth-order valence-electron chi connectivity index (χ4n) is 1.84. The van der Waals surface area contributed by atoms with Crippen LogP contribution >= 0.6 is 11.6 Å². The number of nitrogens with one attached hydrogen (secondary N) is 1. The van der Waals surface area contributed by atoms with Gasteiger partial charge in [-0.05, 0) is 25.1 Å². The summed E-state index contributed by atoms with van der Waals surface area (Å²) < 4.78 is 4.94. The van der Waals surface area contributed by atoms with Crippen molar-refractivity contribution < 1.29 is 14.6 Å². The standard InChI is InChI=1S/C15H17ClN2O3/c1-2-21-15(20)13-6-4-10-3-5-11(7-14(10)18-13)17-9-12(19)8-16/h3-7,12,17,19H,2,8-9H2,1H3. The maximum Gasteiger partial charge on any atom is 0.356 e. The maximum atomic E-state index is 11.7. The van der Waals surface area contributed by atoms with Gasteiger partial charge in [0, 0.05) is 17.6 Å². The molecule has 1 aromatic heterocycles. The molecule has 0 fully saturated rings. The first-order valence-corrected chi connectivity index (χ1v) is 7.23. The van der Waals surface area contributed by atoms with Gasteiger partial charge in [-0.2, -0.15) is 0 Å². The number of esters is 1. The van der Waals surface area contributed by atoms with Gasteiger partial charge in [0.1, 0.15) is 5.69 Å². The zero-order chi connectivity index (χ0) is 15.2. The number of hydrogen-bond donors (Lipinski definition) is 2. The van der Waals surface area contributed by atoms with Gasteiger partial charge in [0.15, 0.2) is 0 Å². The summed E-state index contributed by atoms with van der Waals surface area (Å²) in [5.74, 6) is -0.262. The second kappa shape index (κ2) is 7.24. The summed E-state index contributed by atoms with van der Waals surface area (Å²) in [4.78, 5) is 16.0. The van der Waals surface area contributed by atoms with Gasteiger partial charge in [-0.1, -0.05) is 12.1 Å². The van der Waals surface area contributed by atoms with Crippen LogP contribution in [0.5, 0.6) is 0 Å². The molecule has 6 heteroatoms. The Bertz CT molecular complexity index is 633. The number of nitrogens with zero attached hydrogens (tertiary/aromatic N) is 1. The van der Waals surface area contributed by atoms with Crippen LogP contribution in [0.25, 0.3) is 10.9 Å². The number of benzene rings is 1. The molecule has 0 aliphatic heterocycles. The highest BCUT2D eigenvalue weighted by Crippen LogP contribution is 2.18. The van der Waals surface area contributed by atoms with Crippen molar-refractivity contribution in [3.63, 3.8) is 0 Å². The summed E-state index contributed by atoms with van der Waals surface area (Å²) in [5.41, 5.74) is 1.77. The lowest BCUT2D eigenvalue weighted by Crippen LogP contribution is -2.20. The summed E-state index contributed by atoms with van der Waals surface area (Å²) in [6.07, 6.45) is -0.610. The molecular formula is C15H17ClN2O3. The van der Waals surface area contributed by atoms with Crippen molar-refractivity contribution in [3.8, 4) is 0 Å². The minimum atomic E-state index is -0.610. The Hall–Kier alpha value is -1.85. The zero-order valence-electron chi connectivity index (χ0n) is 11.7. The highest BCUT2D eigenvalue weighted by atomic mass is 35.5. The number of fused-ring (bicyclic) bond motifs is 1. The molecule has 2 N–H and O–H groups in total. The second-order valence-electron chi connectivity index (χ2n) is 4.51. The molecule has 1 unspecified atom stereocenters. The number of alkyl halides is 1. The molecule has 0 saturated heterocycles. The van der Waals surface area contributed by atoms with Gasteiger partial charge >= 0.3 is 5.97 Å². The van der Waals surface area contributed by atoms with E-state index in [1.165, 1.54) is 0 Å². The quantitative estimate of drug-likeness (QED) is 0.633. The van der Waals surface area contributed by atoms with Crippen LogP contribution in [0.2, 0.25) is 0 Å². The molecule has 0 bridgehead atoms. The minimum Gasteiger partial charge on any atom is -0.461 e. The highest BCUT2D eigenvalue weighted by Gasteiger charge is 2.09. The Kier molecular flexibility index (Phi) is 5.36. The number of carbonyl (C=O) groups is 1. The summed E-state index contributed by atoms with van der Waals surface area (Å²) in [6.45, 7) is 2.42. The first-order chi connectivity index (χ1) is 10.1. The van der Waals surface area contributed by atoms with E-state index in [0.717, 1.165) is 11.1 Å². The van der Waals surface area contributed by atoms with Crippen LogP contribution in [0.15, 0.2) is 30.3 Å². The highest BCUT2D eigenvalue weighted by molar-refractivity contribution is 6.18. The van der Waals surface area contributed by atoms with Gasteiger partial charge in [-0.15, -0.1) is 11.6 Å². The number of aromatic nitrogens is 1. The number of aliphatic hydroxyl groups is 1. The van der Waals surface area contributed by atoms with E-state index in [-0.39, 0.29) is 11.6 Å². The number of ether oxygens (including phenoxy) is 1. The van der Waals surface area contributed by atoms with E-state index in [0.29, 0.717) is 18.7 Å². The molecule has 5 nitrogen and oxygen atoms in total. The van der Waals surface area contributed by atoms with Crippen LogP contribution < -0.4 is 5.32 Å². The molecule has 21 heavy (non-hydrogen) atoms. The smallest absolute Gasteiger partial charge is 0.356 e. The molecule has 0 radical (unpaired) electrons. The first kappa shape index (κ1) is 15.5. The minimum absolute atomic E-state index is 0.172. The SMILES string of the molecule is CCOC(=O)c1ccc2ccc(NCC(O)CCl)cc2n1. The Balaban J connectivity index is 2.21. The maximum absolute atomic E-state index is 11.7. The molecule has 0 aliphatic rings. The van der Waals surface area contributed by atoms with Gasteiger partial charge < -0.3 is 15.2 Å². The van der Waals surface area contributed by atoms with Crippen molar-refractivity contribution in [2.24, 2.45) is 0 Å². The molecule has 112 valence electrons. The van der Waals surface area contributed by atoms with Crippen molar-refractivity contribution >= 4 is 34.2 Å². The van der Waals surface area contributed by atoms with E-state index in [9.17, 15) is 9.90 Å². The number of halogens is 1. The first-order valence-electron chi connectivity index (χ1n) is 6.70. The molecular weight excluding hydrogens is 292 g/mol. The molecule has 0 amide bonds. The number of anilines is 1. The van der Waals surface area contributed by atoms with Crippen LogP contribution in [0, 0.1) is 0 Å². The van der Waals surface area contributed by atoms with Crippen molar-refractivity contribution in [1.82, 2.24) is 4.98 Å². The van der Waals surface area contributed by atoms with Crippen LogP contribution in [-0.2, 0) is 4.74 Å². The van der Waals surface area contributed by atoms with Crippen molar-refractivity contribution in [2.75, 3.05) is 24.3 Å². The molecule has 2 aromatic rings. The van der Waals surface area contributed by atoms with Crippen molar-refractivity contribution in [3.05, 3.63) is 36.0 Å². The summed E-state index contributed by atoms with van der Waals surface area (Å²) in [7, 11) is 0. The third kappa shape index (κ3) is 4.06. The van der Waals surface area contributed by atoms with E-state index in [2.05, 4.69) is 10.3 Å². The number of aliphatic hydroxyl groups excluding tert-OH is 1. The third-order valence-electron chi connectivity index (χ3n) is 2.90. The van der Waals surface area contributed by atoms with Gasteiger partial charge in [0.2, 0.25) is 0 Å². The largest absolute Gasteiger partial charge is 0.461 e. The third-order valence-corrected chi connectivity index (χ3v) is 3.25. The molecule has 1 atom stereocenters. The van der Waals surface area contributed by atoms with Crippen molar-refractivity contribution in [2.45, 2.75) is 13.0 Å². The number of pyridine rings is 1. The Morgan fingerprint density at radius 1 is 1.43 bits per heavy atom. The normalized spacial score (nSPS) is 12.1. The van der Waals surface area contributed by atoms with E-state index >= 15 is 0 Å². The molecule has 2 rings (SSSR count).